The number of aliphatic hydroxyl groups excluding tert-OH is 2. The zero-order valence-electron chi connectivity index (χ0n) is 10.4. The van der Waals surface area contributed by atoms with Crippen molar-refractivity contribution in [2.24, 2.45) is 0 Å². The number of aliphatic hydroxyl groups is 2. The fourth-order valence-electron chi connectivity index (χ4n) is 2.81. The molecule has 2 aliphatic rings. The van der Waals surface area contributed by atoms with Gasteiger partial charge in [-0.2, -0.15) is 0 Å². The van der Waals surface area contributed by atoms with E-state index >= 15 is 0 Å². The van der Waals surface area contributed by atoms with Crippen LogP contribution in [0.3, 0.4) is 0 Å². The molecule has 0 aliphatic carbocycles. The predicted octanol–water partition coefficient (Wildman–Crippen LogP) is -1.57. The lowest BCUT2D eigenvalue weighted by molar-refractivity contribution is -0.185. The van der Waals surface area contributed by atoms with Crippen molar-refractivity contribution in [2.45, 2.75) is 24.0 Å². The van der Waals surface area contributed by atoms with Gasteiger partial charge in [-0.25, -0.2) is 15.0 Å². The molecule has 2 saturated heterocycles. The maximum absolute atomic E-state index is 10.2. The number of hydrogen-bond acceptors (Lipinski definition) is 8. The van der Waals surface area contributed by atoms with Crippen molar-refractivity contribution in [2.75, 3.05) is 18.9 Å². The lowest BCUT2D eigenvalue weighted by Crippen LogP contribution is -2.44. The molecule has 4 heterocycles. The van der Waals surface area contributed by atoms with Crippen LogP contribution in [0.1, 0.15) is 6.23 Å². The van der Waals surface area contributed by atoms with Gasteiger partial charge in [-0.3, -0.25) is 4.57 Å². The van der Waals surface area contributed by atoms with Crippen LogP contribution < -0.4 is 5.73 Å². The smallest absolute Gasteiger partial charge is 0.167 e. The van der Waals surface area contributed by atoms with Crippen LogP contribution in [0.2, 0.25) is 0 Å². The van der Waals surface area contributed by atoms with Crippen LogP contribution in [0.25, 0.3) is 11.2 Å². The highest BCUT2D eigenvalue weighted by molar-refractivity contribution is 5.81. The minimum Gasteiger partial charge on any atom is -0.393 e. The number of aromatic nitrogens is 4. The molecule has 106 valence electrons. The van der Waals surface area contributed by atoms with Gasteiger partial charge in [0.25, 0.3) is 0 Å². The van der Waals surface area contributed by atoms with Gasteiger partial charge >= 0.3 is 0 Å². The fourth-order valence-corrected chi connectivity index (χ4v) is 2.81. The summed E-state index contributed by atoms with van der Waals surface area (Å²) in [5.74, 6) is 0.273. The van der Waals surface area contributed by atoms with E-state index in [1.165, 1.54) is 12.7 Å². The summed E-state index contributed by atoms with van der Waals surface area (Å²) in [4.78, 5) is 12.2. The number of hydrogen-bond donors (Lipinski definition) is 3. The molecular weight excluding hydrogens is 266 g/mol. The molecule has 4 N–H and O–H groups in total. The monoisotopic (exact) mass is 279 g/mol. The summed E-state index contributed by atoms with van der Waals surface area (Å²) >= 11 is 0. The van der Waals surface area contributed by atoms with E-state index in [0.29, 0.717) is 11.2 Å². The Bertz CT molecular complexity index is 676. The number of anilines is 1. The second kappa shape index (κ2) is 3.85. The second-order valence-corrected chi connectivity index (χ2v) is 5.03. The third-order valence-electron chi connectivity index (χ3n) is 3.94. The van der Waals surface area contributed by atoms with Crippen molar-refractivity contribution in [1.82, 2.24) is 19.5 Å². The van der Waals surface area contributed by atoms with Gasteiger partial charge in [0.2, 0.25) is 0 Å². The summed E-state index contributed by atoms with van der Waals surface area (Å²) in [6.45, 7) is -0.152. The molecule has 0 saturated carbocycles. The summed E-state index contributed by atoms with van der Waals surface area (Å²) in [5.41, 5.74) is 5.62. The largest absolute Gasteiger partial charge is 0.393 e. The van der Waals surface area contributed by atoms with Gasteiger partial charge in [-0.05, 0) is 0 Å². The van der Waals surface area contributed by atoms with Crippen molar-refractivity contribution in [3.05, 3.63) is 12.7 Å². The molecule has 4 rings (SSSR count). The van der Waals surface area contributed by atoms with E-state index in [9.17, 15) is 10.2 Å². The number of nitrogen functional groups attached to an aromatic ring is 1. The van der Waals surface area contributed by atoms with Crippen LogP contribution in [-0.4, -0.2) is 60.8 Å². The number of ether oxygens (including phenoxy) is 2. The molecule has 2 aliphatic heterocycles. The SMILES string of the molecule is Nc1ncnc2c1ncn2[C@@H]1O[C@@]2(CO)CO[C@H]1C2O. The Balaban J connectivity index is 1.80. The third kappa shape index (κ3) is 1.32. The molecule has 20 heavy (non-hydrogen) atoms. The lowest BCUT2D eigenvalue weighted by atomic mass is 10.0. The zero-order chi connectivity index (χ0) is 13.9. The van der Waals surface area contributed by atoms with Gasteiger partial charge in [-0.15, -0.1) is 0 Å². The average Bonchev–Trinajstić information content (AvgIpc) is 3.10. The molecule has 0 spiro atoms. The molecule has 4 atom stereocenters. The first kappa shape index (κ1) is 12.0. The Morgan fingerprint density at radius 2 is 2.30 bits per heavy atom. The van der Waals surface area contributed by atoms with E-state index in [2.05, 4.69) is 15.0 Å². The summed E-state index contributed by atoms with van der Waals surface area (Å²) in [6.07, 6.45) is 0.778. The molecule has 9 nitrogen and oxygen atoms in total. The van der Waals surface area contributed by atoms with Crippen molar-refractivity contribution in [3.8, 4) is 0 Å². The Morgan fingerprint density at radius 3 is 3.05 bits per heavy atom. The molecule has 0 amide bonds. The summed E-state index contributed by atoms with van der Waals surface area (Å²) in [6, 6.07) is 0. The highest BCUT2D eigenvalue weighted by atomic mass is 16.7. The van der Waals surface area contributed by atoms with Crippen LogP contribution in [0.4, 0.5) is 5.82 Å². The number of imidazole rings is 1. The summed E-state index contributed by atoms with van der Waals surface area (Å²) < 4.78 is 13.0. The van der Waals surface area contributed by atoms with Gasteiger partial charge in [0.05, 0.1) is 19.5 Å². The minimum absolute atomic E-state index is 0.162. The molecule has 0 radical (unpaired) electrons. The number of fused-ring (bicyclic) bond motifs is 3. The van der Waals surface area contributed by atoms with E-state index in [-0.39, 0.29) is 19.0 Å². The molecular formula is C11H13N5O4. The molecule has 2 aromatic rings. The van der Waals surface area contributed by atoms with Crippen LogP contribution >= 0.6 is 0 Å². The highest BCUT2D eigenvalue weighted by Crippen LogP contribution is 2.45. The van der Waals surface area contributed by atoms with E-state index in [4.69, 9.17) is 15.2 Å². The van der Waals surface area contributed by atoms with E-state index in [0.717, 1.165) is 0 Å². The van der Waals surface area contributed by atoms with Crippen LogP contribution in [0, 0.1) is 0 Å². The molecule has 2 aromatic heterocycles. The van der Waals surface area contributed by atoms with E-state index in [1.807, 2.05) is 0 Å². The molecule has 2 bridgehead atoms. The Kier molecular flexibility index (Phi) is 2.31. The van der Waals surface area contributed by atoms with Crippen molar-refractivity contribution in [1.29, 1.82) is 0 Å². The Morgan fingerprint density at radius 1 is 1.45 bits per heavy atom. The van der Waals surface area contributed by atoms with Gasteiger partial charge in [-0.1, -0.05) is 0 Å². The van der Waals surface area contributed by atoms with Crippen LogP contribution in [0.15, 0.2) is 12.7 Å². The molecule has 1 unspecified atom stereocenters. The topological polar surface area (TPSA) is 129 Å². The van der Waals surface area contributed by atoms with Crippen molar-refractivity contribution >= 4 is 17.0 Å². The molecule has 0 aromatic carbocycles. The quantitative estimate of drug-likeness (QED) is 0.601. The predicted molar refractivity (Wildman–Crippen MR) is 65.4 cm³/mol. The van der Waals surface area contributed by atoms with Gasteiger partial charge in [0, 0.05) is 0 Å². The Labute approximate surface area is 113 Å². The first-order valence-electron chi connectivity index (χ1n) is 6.18. The maximum atomic E-state index is 10.2. The van der Waals surface area contributed by atoms with Gasteiger partial charge in [0.15, 0.2) is 17.7 Å². The first-order valence-corrected chi connectivity index (χ1v) is 6.18. The normalized spacial score (nSPS) is 36.0. The minimum atomic E-state index is -1.08. The van der Waals surface area contributed by atoms with Crippen molar-refractivity contribution in [3.63, 3.8) is 0 Å². The number of nitrogens with two attached hydrogens (primary N) is 1. The van der Waals surface area contributed by atoms with Crippen LogP contribution in [-0.2, 0) is 9.47 Å². The molecule has 9 heteroatoms. The van der Waals surface area contributed by atoms with Gasteiger partial charge in [0.1, 0.15) is 29.7 Å². The number of rotatable bonds is 2. The number of nitrogens with zero attached hydrogens (tertiary/aromatic N) is 4. The summed E-state index contributed by atoms with van der Waals surface area (Å²) in [7, 11) is 0. The highest BCUT2D eigenvalue weighted by Gasteiger charge is 2.61. The molecule has 2 fully saturated rings. The average molecular weight is 279 g/mol. The second-order valence-electron chi connectivity index (χ2n) is 5.03. The standard InChI is InChI=1S/C11H13N5O4/c12-8-5-9(14-3-13-8)16(4-15-5)10-6-7(18)11(1-17,20-10)2-19-6/h3-4,6-7,10,17-18H,1-2H2,(H2,12,13,14)/t6-,7?,10+,11-/m0/s1. The Hall–Kier alpha value is -1.81. The summed E-state index contributed by atoms with van der Waals surface area (Å²) in [5, 5.41) is 19.6. The third-order valence-corrected chi connectivity index (χ3v) is 3.94. The van der Waals surface area contributed by atoms with E-state index < -0.39 is 24.0 Å². The lowest BCUT2D eigenvalue weighted by Gasteiger charge is -2.29. The van der Waals surface area contributed by atoms with Gasteiger partial charge < -0.3 is 25.4 Å². The van der Waals surface area contributed by atoms with Crippen molar-refractivity contribution < 1.29 is 19.7 Å². The zero-order valence-corrected chi connectivity index (χ0v) is 10.4. The fraction of sp³-hybridized carbons (Fsp3) is 0.545. The first-order chi connectivity index (χ1) is 9.66. The van der Waals surface area contributed by atoms with Crippen LogP contribution in [0.5, 0.6) is 0 Å². The van der Waals surface area contributed by atoms with E-state index in [1.54, 1.807) is 4.57 Å². The maximum Gasteiger partial charge on any atom is 0.167 e.